The van der Waals surface area contributed by atoms with Gasteiger partial charge in [0.1, 0.15) is 0 Å². The molecule has 0 bridgehead atoms. The van der Waals surface area contributed by atoms with E-state index in [2.05, 4.69) is 20.3 Å². The van der Waals surface area contributed by atoms with Gasteiger partial charge in [0.2, 0.25) is 5.52 Å². The summed E-state index contributed by atoms with van der Waals surface area (Å²) in [7, 11) is 0. The topological polar surface area (TPSA) is 111 Å². The van der Waals surface area contributed by atoms with E-state index < -0.39 is 4.92 Å². The van der Waals surface area contributed by atoms with Crippen LogP contribution in [0.25, 0.3) is 11.0 Å². The fourth-order valence-electron chi connectivity index (χ4n) is 1.39. The first-order valence-corrected chi connectivity index (χ1v) is 4.72. The zero-order chi connectivity index (χ0) is 12.3. The van der Waals surface area contributed by atoms with Crippen LogP contribution in [-0.2, 0) is 4.79 Å². The lowest BCUT2D eigenvalue weighted by Crippen LogP contribution is -2.02. The van der Waals surface area contributed by atoms with Crippen molar-refractivity contribution in [1.82, 2.24) is 10.3 Å². The van der Waals surface area contributed by atoms with Crippen molar-refractivity contribution < 1.29 is 14.3 Å². The average Bonchev–Trinajstić information content (AvgIpc) is 2.78. The number of nitrogens with one attached hydrogen (secondary N) is 1. The van der Waals surface area contributed by atoms with E-state index >= 15 is 0 Å². The van der Waals surface area contributed by atoms with E-state index in [1.54, 1.807) is 6.29 Å². The number of rotatable bonds is 5. The molecule has 1 aromatic heterocycles. The molecule has 1 radical (unpaired) electrons. The SMILES string of the molecule is O=[C]CCNc1ccc([N+](=O)[O-])c2nonc12. The number of hydrogen-bond donors (Lipinski definition) is 1. The standard InChI is InChI=1S/C9H7N4O4/c14-5-1-4-10-6-2-3-7(13(15)16)9-8(6)11-17-12-9/h2-3,10H,1,4H2. The van der Waals surface area contributed by atoms with Gasteiger partial charge in [0, 0.05) is 19.0 Å². The fraction of sp³-hybridized carbons (Fsp3) is 0.222. The summed E-state index contributed by atoms with van der Waals surface area (Å²) in [5.74, 6) is 0. The molecule has 0 aliphatic heterocycles. The van der Waals surface area contributed by atoms with E-state index in [0.29, 0.717) is 12.2 Å². The van der Waals surface area contributed by atoms with Crippen molar-refractivity contribution in [2.24, 2.45) is 0 Å². The smallest absolute Gasteiger partial charge is 0.300 e. The molecule has 1 aromatic carbocycles. The molecule has 1 N–H and O–H groups in total. The number of hydrogen-bond acceptors (Lipinski definition) is 7. The highest BCUT2D eigenvalue weighted by Crippen LogP contribution is 2.28. The van der Waals surface area contributed by atoms with Crippen molar-refractivity contribution >= 4 is 28.7 Å². The largest absolute Gasteiger partial charge is 0.383 e. The maximum Gasteiger partial charge on any atom is 0.300 e. The first-order valence-electron chi connectivity index (χ1n) is 4.72. The molecule has 0 saturated carbocycles. The number of carbonyl (C=O) groups excluding carboxylic acids is 1. The molecule has 0 unspecified atom stereocenters. The van der Waals surface area contributed by atoms with E-state index in [1.807, 2.05) is 0 Å². The van der Waals surface area contributed by atoms with Crippen molar-refractivity contribution in [3.8, 4) is 0 Å². The molecule has 0 aliphatic carbocycles. The molecule has 0 amide bonds. The van der Waals surface area contributed by atoms with Crippen LogP contribution in [0.3, 0.4) is 0 Å². The number of nitro groups is 1. The Balaban J connectivity index is 2.39. The van der Waals surface area contributed by atoms with Crippen molar-refractivity contribution in [3.05, 3.63) is 22.2 Å². The van der Waals surface area contributed by atoms with Crippen molar-refractivity contribution in [3.63, 3.8) is 0 Å². The van der Waals surface area contributed by atoms with Gasteiger partial charge in [-0.05, 0) is 16.4 Å². The van der Waals surface area contributed by atoms with Crippen LogP contribution >= 0.6 is 0 Å². The van der Waals surface area contributed by atoms with Crippen LogP contribution in [0.5, 0.6) is 0 Å². The molecule has 87 valence electrons. The van der Waals surface area contributed by atoms with Crippen LogP contribution in [0.4, 0.5) is 11.4 Å². The lowest BCUT2D eigenvalue weighted by atomic mass is 10.2. The van der Waals surface area contributed by atoms with Gasteiger partial charge in [0.15, 0.2) is 11.8 Å². The monoisotopic (exact) mass is 235 g/mol. The second kappa shape index (κ2) is 4.56. The second-order valence-corrected chi connectivity index (χ2v) is 3.17. The van der Waals surface area contributed by atoms with Crippen LogP contribution < -0.4 is 5.32 Å². The summed E-state index contributed by atoms with van der Waals surface area (Å²) in [5, 5.41) is 20.7. The Hall–Kier alpha value is -2.51. The Kier molecular flexibility index (Phi) is 2.95. The van der Waals surface area contributed by atoms with E-state index in [-0.39, 0.29) is 23.1 Å². The number of fused-ring (bicyclic) bond motifs is 1. The van der Waals surface area contributed by atoms with Crippen molar-refractivity contribution in [2.45, 2.75) is 6.42 Å². The minimum atomic E-state index is -0.560. The number of aromatic nitrogens is 2. The minimum Gasteiger partial charge on any atom is -0.383 e. The first kappa shape index (κ1) is 11.0. The molecular formula is C9H7N4O4. The maximum absolute atomic E-state index is 10.7. The molecule has 0 aliphatic rings. The van der Waals surface area contributed by atoms with Gasteiger partial charge in [-0.3, -0.25) is 14.9 Å². The van der Waals surface area contributed by atoms with Crippen LogP contribution in [-0.4, -0.2) is 28.1 Å². The highest BCUT2D eigenvalue weighted by Gasteiger charge is 2.19. The number of anilines is 1. The Morgan fingerprint density at radius 3 is 2.88 bits per heavy atom. The molecule has 0 fully saturated rings. The maximum atomic E-state index is 10.7. The molecule has 2 aromatic rings. The second-order valence-electron chi connectivity index (χ2n) is 3.17. The molecule has 8 heteroatoms. The van der Waals surface area contributed by atoms with Gasteiger partial charge in [0.05, 0.1) is 10.6 Å². The van der Waals surface area contributed by atoms with Crippen LogP contribution in [0, 0.1) is 10.1 Å². The van der Waals surface area contributed by atoms with E-state index in [9.17, 15) is 14.9 Å². The summed E-state index contributed by atoms with van der Waals surface area (Å²) in [6.07, 6.45) is 1.94. The highest BCUT2D eigenvalue weighted by atomic mass is 16.6. The minimum absolute atomic E-state index is 0.0788. The van der Waals surface area contributed by atoms with Crippen LogP contribution in [0.1, 0.15) is 6.42 Å². The van der Waals surface area contributed by atoms with Crippen LogP contribution in [0.15, 0.2) is 16.8 Å². The third-order valence-electron chi connectivity index (χ3n) is 2.13. The van der Waals surface area contributed by atoms with Gasteiger partial charge < -0.3 is 5.32 Å². The molecular weight excluding hydrogens is 228 g/mol. The zero-order valence-electron chi connectivity index (χ0n) is 8.54. The summed E-state index contributed by atoms with van der Waals surface area (Å²) < 4.78 is 4.48. The summed E-state index contributed by atoms with van der Waals surface area (Å²) in [6, 6.07) is 2.80. The Labute approximate surface area is 94.7 Å². The highest BCUT2D eigenvalue weighted by molar-refractivity contribution is 5.93. The fourth-order valence-corrected chi connectivity index (χ4v) is 1.39. The predicted octanol–water partition coefficient (Wildman–Crippen LogP) is 1.04. The molecule has 0 atom stereocenters. The molecule has 0 spiro atoms. The first-order chi connectivity index (χ1) is 8.24. The summed E-state index contributed by atoms with van der Waals surface area (Å²) in [4.78, 5) is 20.2. The van der Waals surface area contributed by atoms with Gasteiger partial charge >= 0.3 is 5.69 Å². The normalized spacial score (nSPS) is 10.4. The Morgan fingerprint density at radius 1 is 1.41 bits per heavy atom. The number of benzene rings is 1. The summed E-state index contributed by atoms with van der Waals surface area (Å²) in [5.41, 5.74) is 0.705. The molecule has 8 nitrogen and oxygen atoms in total. The average molecular weight is 235 g/mol. The van der Waals surface area contributed by atoms with Gasteiger partial charge in [-0.25, -0.2) is 4.63 Å². The third-order valence-corrected chi connectivity index (χ3v) is 2.13. The number of nitrogens with zero attached hydrogens (tertiary/aromatic N) is 3. The number of nitro benzene ring substituents is 1. The van der Waals surface area contributed by atoms with Gasteiger partial charge in [-0.15, -0.1) is 0 Å². The van der Waals surface area contributed by atoms with Gasteiger partial charge in [-0.1, -0.05) is 0 Å². The Morgan fingerprint density at radius 2 is 2.18 bits per heavy atom. The molecule has 1 heterocycles. The van der Waals surface area contributed by atoms with E-state index in [4.69, 9.17) is 0 Å². The lowest BCUT2D eigenvalue weighted by Gasteiger charge is -2.03. The third kappa shape index (κ3) is 2.05. The van der Waals surface area contributed by atoms with Crippen molar-refractivity contribution in [2.75, 3.05) is 11.9 Å². The molecule has 2 rings (SSSR count). The van der Waals surface area contributed by atoms with E-state index in [0.717, 1.165) is 0 Å². The molecule has 17 heavy (non-hydrogen) atoms. The van der Waals surface area contributed by atoms with Crippen molar-refractivity contribution in [1.29, 1.82) is 0 Å². The Bertz CT molecular complexity index is 565. The summed E-state index contributed by atoms with van der Waals surface area (Å²) in [6.45, 7) is 0.364. The summed E-state index contributed by atoms with van der Waals surface area (Å²) >= 11 is 0. The van der Waals surface area contributed by atoms with Gasteiger partial charge in [-0.2, -0.15) is 0 Å². The lowest BCUT2D eigenvalue weighted by molar-refractivity contribution is -0.383. The number of non-ortho nitro benzene ring substituents is 1. The predicted molar refractivity (Wildman–Crippen MR) is 57.3 cm³/mol. The van der Waals surface area contributed by atoms with Gasteiger partial charge in [0.25, 0.3) is 0 Å². The molecule has 0 saturated heterocycles. The quantitative estimate of drug-likeness (QED) is 0.468. The van der Waals surface area contributed by atoms with Crippen LogP contribution in [0.2, 0.25) is 0 Å². The zero-order valence-corrected chi connectivity index (χ0v) is 8.54. The van der Waals surface area contributed by atoms with E-state index in [1.165, 1.54) is 12.1 Å².